The summed E-state index contributed by atoms with van der Waals surface area (Å²) in [5.74, 6) is 1.72. The van der Waals surface area contributed by atoms with Gasteiger partial charge in [0.1, 0.15) is 23.4 Å². The number of hydrogen-bond donors (Lipinski definition) is 2. The first-order valence-corrected chi connectivity index (χ1v) is 6.30. The van der Waals surface area contributed by atoms with Gasteiger partial charge in [0.25, 0.3) is 0 Å². The number of likely N-dealkylation sites (N-methyl/N-ethyl adjacent to an activating group) is 1. The van der Waals surface area contributed by atoms with Crippen molar-refractivity contribution in [1.82, 2.24) is 5.32 Å². The Bertz CT molecular complexity index is 383. The molecule has 0 aliphatic carbocycles. The summed E-state index contributed by atoms with van der Waals surface area (Å²) in [6, 6.07) is 3.36. The molecular formula is C14H23NO4. The first-order chi connectivity index (χ1) is 9.08. The number of hydrogen-bond acceptors (Lipinski definition) is 5. The molecule has 0 radical (unpaired) electrons. The van der Waals surface area contributed by atoms with E-state index in [4.69, 9.17) is 14.2 Å². The van der Waals surface area contributed by atoms with Gasteiger partial charge < -0.3 is 24.6 Å². The van der Waals surface area contributed by atoms with Crippen molar-refractivity contribution >= 4 is 0 Å². The fourth-order valence-electron chi connectivity index (χ4n) is 2.01. The van der Waals surface area contributed by atoms with Crippen molar-refractivity contribution in [1.29, 1.82) is 0 Å². The van der Waals surface area contributed by atoms with Gasteiger partial charge in [-0.15, -0.1) is 0 Å². The SMILES string of the molecule is CCNC(C)C(O)c1c(OC)cc(OC)cc1OC. The average molecular weight is 269 g/mol. The highest BCUT2D eigenvalue weighted by atomic mass is 16.5. The van der Waals surface area contributed by atoms with Gasteiger partial charge in [0.15, 0.2) is 0 Å². The zero-order chi connectivity index (χ0) is 14.4. The first-order valence-electron chi connectivity index (χ1n) is 6.30. The van der Waals surface area contributed by atoms with E-state index in [1.807, 2.05) is 13.8 Å². The van der Waals surface area contributed by atoms with Crippen molar-refractivity contribution in [2.24, 2.45) is 0 Å². The molecule has 0 aromatic heterocycles. The molecule has 2 atom stereocenters. The molecule has 0 saturated carbocycles. The second-order valence-electron chi connectivity index (χ2n) is 4.24. The highest BCUT2D eigenvalue weighted by Gasteiger charge is 2.24. The molecule has 0 heterocycles. The van der Waals surface area contributed by atoms with Crippen LogP contribution in [0.2, 0.25) is 0 Å². The van der Waals surface area contributed by atoms with E-state index in [1.54, 1.807) is 33.5 Å². The number of nitrogens with one attached hydrogen (secondary N) is 1. The third-order valence-corrected chi connectivity index (χ3v) is 3.05. The van der Waals surface area contributed by atoms with Crippen molar-refractivity contribution < 1.29 is 19.3 Å². The van der Waals surface area contributed by atoms with Crippen molar-refractivity contribution in [3.8, 4) is 17.2 Å². The molecule has 2 N–H and O–H groups in total. The summed E-state index contributed by atoms with van der Waals surface area (Å²) in [6.45, 7) is 4.68. The van der Waals surface area contributed by atoms with Gasteiger partial charge in [-0.25, -0.2) is 0 Å². The second-order valence-corrected chi connectivity index (χ2v) is 4.24. The highest BCUT2D eigenvalue weighted by Crippen LogP contribution is 2.39. The van der Waals surface area contributed by atoms with E-state index in [9.17, 15) is 5.11 Å². The Morgan fingerprint density at radius 3 is 2.00 bits per heavy atom. The highest BCUT2D eigenvalue weighted by molar-refractivity contribution is 5.52. The van der Waals surface area contributed by atoms with Crippen molar-refractivity contribution in [3.05, 3.63) is 17.7 Å². The van der Waals surface area contributed by atoms with Crippen molar-refractivity contribution in [2.45, 2.75) is 26.0 Å². The van der Waals surface area contributed by atoms with Crippen LogP contribution in [-0.2, 0) is 0 Å². The summed E-state index contributed by atoms with van der Waals surface area (Å²) in [5, 5.41) is 13.6. The number of aliphatic hydroxyl groups excluding tert-OH is 1. The maximum absolute atomic E-state index is 10.4. The Balaban J connectivity index is 3.23. The minimum Gasteiger partial charge on any atom is -0.496 e. The van der Waals surface area contributed by atoms with Gasteiger partial charge >= 0.3 is 0 Å². The summed E-state index contributed by atoms with van der Waals surface area (Å²) in [6.07, 6.45) is -0.726. The zero-order valence-electron chi connectivity index (χ0n) is 12.2. The predicted octanol–water partition coefficient (Wildman–Crippen LogP) is 1.74. The molecule has 108 valence electrons. The van der Waals surface area contributed by atoms with E-state index < -0.39 is 6.10 Å². The van der Waals surface area contributed by atoms with Crippen LogP contribution >= 0.6 is 0 Å². The lowest BCUT2D eigenvalue weighted by molar-refractivity contribution is 0.130. The van der Waals surface area contributed by atoms with E-state index in [-0.39, 0.29) is 6.04 Å². The van der Waals surface area contributed by atoms with Crippen LogP contribution in [-0.4, -0.2) is 39.0 Å². The van der Waals surface area contributed by atoms with Gasteiger partial charge in [-0.1, -0.05) is 6.92 Å². The third kappa shape index (κ3) is 3.52. The maximum atomic E-state index is 10.4. The molecule has 5 heteroatoms. The van der Waals surface area contributed by atoms with Crippen LogP contribution in [0.25, 0.3) is 0 Å². The normalized spacial score (nSPS) is 13.8. The predicted molar refractivity (Wildman–Crippen MR) is 74.2 cm³/mol. The second kappa shape index (κ2) is 7.21. The summed E-state index contributed by atoms with van der Waals surface area (Å²) in [4.78, 5) is 0. The minimum absolute atomic E-state index is 0.110. The number of ether oxygens (including phenoxy) is 3. The monoisotopic (exact) mass is 269 g/mol. The molecular weight excluding hydrogens is 246 g/mol. The standard InChI is InChI=1S/C14H23NO4/c1-6-15-9(2)14(16)13-11(18-4)7-10(17-3)8-12(13)19-5/h7-9,14-16H,6H2,1-5H3. The fraction of sp³-hybridized carbons (Fsp3) is 0.571. The van der Waals surface area contributed by atoms with Crippen LogP contribution in [0, 0.1) is 0 Å². The first kappa shape index (κ1) is 15.6. The van der Waals surface area contributed by atoms with E-state index >= 15 is 0 Å². The topological polar surface area (TPSA) is 60.0 Å². The molecule has 5 nitrogen and oxygen atoms in total. The van der Waals surface area contributed by atoms with Crippen LogP contribution in [0.5, 0.6) is 17.2 Å². The van der Waals surface area contributed by atoms with Gasteiger partial charge in [-0.3, -0.25) is 0 Å². The lowest BCUT2D eigenvalue weighted by Gasteiger charge is -2.24. The van der Waals surface area contributed by atoms with Crippen LogP contribution in [0.3, 0.4) is 0 Å². The Labute approximate surface area is 114 Å². The molecule has 1 aromatic rings. The van der Waals surface area contributed by atoms with E-state index in [2.05, 4.69) is 5.32 Å². The van der Waals surface area contributed by atoms with Crippen molar-refractivity contribution in [3.63, 3.8) is 0 Å². The smallest absolute Gasteiger partial charge is 0.132 e. The lowest BCUT2D eigenvalue weighted by Crippen LogP contribution is -2.32. The van der Waals surface area contributed by atoms with Gasteiger partial charge in [-0.2, -0.15) is 0 Å². The van der Waals surface area contributed by atoms with Crippen LogP contribution < -0.4 is 19.5 Å². The molecule has 19 heavy (non-hydrogen) atoms. The molecule has 0 amide bonds. The maximum Gasteiger partial charge on any atom is 0.132 e. The summed E-state index contributed by atoms with van der Waals surface area (Å²) in [5.41, 5.74) is 0.624. The quantitative estimate of drug-likeness (QED) is 0.789. The number of methoxy groups -OCH3 is 3. The number of rotatable bonds is 7. The van der Waals surface area contributed by atoms with Crippen molar-refractivity contribution in [2.75, 3.05) is 27.9 Å². The zero-order valence-corrected chi connectivity index (χ0v) is 12.2. The fourth-order valence-corrected chi connectivity index (χ4v) is 2.01. The molecule has 1 aromatic carbocycles. The molecule has 0 fully saturated rings. The summed E-state index contributed by atoms with van der Waals surface area (Å²) >= 11 is 0. The van der Waals surface area contributed by atoms with Crippen LogP contribution in [0.15, 0.2) is 12.1 Å². The van der Waals surface area contributed by atoms with E-state index in [0.29, 0.717) is 22.8 Å². The summed E-state index contributed by atoms with van der Waals surface area (Å²) in [7, 11) is 4.69. The van der Waals surface area contributed by atoms with Crippen LogP contribution in [0.1, 0.15) is 25.5 Å². The molecule has 0 aliphatic rings. The Hall–Kier alpha value is -1.46. The molecule has 0 bridgehead atoms. The Kier molecular flexibility index (Phi) is 5.92. The number of aliphatic hydroxyl groups is 1. The largest absolute Gasteiger partial charge is 0.496 e. The Morgan fingerprint density at radius 1 is 1.11 bits per heavy atom. The molecule has 2 unspecified atom stereocenters. The minimum atomic E-state index is -0.726. The van der Waals surface area contributed by atoms with E-state index in [1.165, 1.54) is 0 Å². The molecule has 0 spiro atoms. The Morgan fingerprint density at radius 2 is 1.63 bits per heavy atom. The van der Waals surface area contributed by atoms with E-state index in [0.717, 1.165) is 6.54 Å². The van der Waals surface area contributed by atoms with Gasteiger partial charge in [-0.05, 0) is 13.5 Å². The molecule has 0 aliphatic heterocycles. The molecule has 0 saturated heterocycles. The van der Waals surface area contributed by atoms with Crippen LogP contribution in [0.4, 0.5) is 0 Å². The van der Waals surface area contributed by atoms with Gasteiger partial charge in [0, 0.05) is 18.2 Å². The lowest BCUT2D eigenvalue weighted by atomic mass is 10.0. The number of benzene rings is 1. The summed E-state index contributed by atoms with van der Waals surface area (Å²) < 4.78 is 15.8. The molecule has 1 rings (SSSR count). The van der Waals surface area contributed by atoms with Gasteiger partial charge in [0.05, 0.1) is 26.9 Å². The van der Waals surface area contributed by atoms with Gasteiger partial charge in [0.2, 0.25) is 0 Å². The third-order valence-electron chi connectivity index (χ3n) is 3.05. The average Bonchev–Trinajstić information content (AvgIpc) is 2.44.